The summed E-state index contributed by atoms with van der Waals surface area (Å²) in [6, 6.07) is 14.6. The van der Waals surface area contributed by atoms with Crippen molar-refractivity contribution >= 4 is 29.5 Å². The Labute approximate surface area is 188 Å². The molecule has 0 radical (unpaired) electrons. The number of nitrogens with one attached hydrogen (secondary N) is 2. The quantitative estimate of drug-likeness (QED) is 0.484. The fourth-order valence-corrected chi connectivity index (χ4v) is 4.33. The molecule has 0 fully saturated rings. The summed E-state index contributed by atoms with van der Waals surface area (Å²) in [4.78, 5) is 36.1. The lowest BCUT2D eigenvalue weighted by Crippen LogP contribution is -2.48. The van der Waals surface area contributed by atoms with Gasteiger partial charge in [0.2, 0.25) is 5.91 Å². The molecule has 1 aromatic heterocycles. The first-order chi connectivity index (χ1) is 15.5. The number of fused-ring (bicyclic) bond motifs is 3. The predicted molar refractivity (Wildman–Crippen MR) is 118 cm³/mol. The first-order valence-electron chi connectivity index (χ1n) is 10.0. The highest BCUT2D eigenvalue weighted by Crippen LogP contribution is 2.44. The smallest absolute Gasteiger partial charge is 0.407 e. The molecule has 1 unspecified atom stereocenters. The minimum Gasteiger partial charge on any atom is -0.481 e. The normalized spacial score (nSPS) is 13.0. The van der Waals surface area contributed by atoms with Crippen LogP contribution in [-0.4, -0.2) is 40.1 Å². The standard InChI is InChI=1S/C23H21N3O5S/c27-21(28)9-20(22(29)24-10-14-11-25-32-13-14)26-23(30)31-12-19-17-7-3-1-5-15(17)16-6-2-4-8-18(16)19/h1-8,11,13,19-20H,9-10,12H2,(H,24,29)(H,26,30)(H,27,28). The third-order valence-corrected chi connectivity index (χ3v) is 5.92. The van der Waals surface area contributed by atoms with Gasteiger partial charge in [0.25, 0.3) is 0 Å². The summed E-state index contributed by atoms with van der Waals surface area (Å²) in [6.45, 7) is 0.264. The average molecular weight is 452 g/mol. The van der Waals surface area contributed by atoms with Crippen LogP contribution in [0.2, 0.25) is 0 Å². The number of hydrogen-bond donors (Lipinski definition) is 3. The molecule has 0 saturated carbocycles. The average Bonchev–Trinajstić information content (AvgIpc) is 3.41. The summed E-state index contributed by atoms with van der Waals surface area (Å²) in [5.41, 5.74) is 5.11. The van der Waals surface area contributed by atoms with E-state index in [4.69, 9.17) is 9.84 Å². The molecule has 9 heteroatoms. The molecule has 0 saturated heterocycles. The SMILES string of the molecule is O=C(O)CC(NC(=O)OCC1c2ccccc2-c2ccccc21)C(=O)NCc1cnsc1. The van der Waals surface area contributed by atoms with E-state index in [0.717, 1.165) is 27.8 Å². The third kappa shape index (κ3) is 4.78. The van der Waals surface area contributed by atoms with Crippen molar-refractivity contribution < 1.29 is 24.2 Å². The number of carboxylic acids is 1. The number of hydrogen-bond acceptors (Lipinski definition) is 6. The molecular formula is C23H21N3O5S. The molecule has 0 spiro atoms. The second-order valence-electron chi connectivity index (χ2n) is 7.37. The van der Waals surface area contributed by atoms with Crippen molar-refractivity contribution in [1.82, 2.24) is 15.0 Å². The van der Waals surface area contributed by atoms with Crippen molar-refractivity contribution in [2.75, 3.05) is 6.61 Å². The van der Waals surface area contributed by atoms with Gasteiger partial charge in [-0.15, -0.1) is 0 Å². The molecule has 1 aliphatic carbocycles. The Balaban J connectivity index is 1.39. The first-order valence-corrected chi connectivity index (χ1v) is 10.9. The van der Waals surface area contributed by atoms with Crippen LogP contribution in [0.1, 0.15) is 29.0 Å². The van der Waals surface area contributed by atoms with Crippen molar-refractivity contribution in [3.63, 3.8) is 0 Å². The van der Waals surface area contributed by atoms with Gasteiger partial charge in [0, 0.05) is 29.6 Å². The summed E-state index contributed by atoms with van der Waals surface area (Å²) < 4.78 is 9.36. The number of amides is 2. The summed E-state index contributed by atoms with van der Waals surface area (Å²) in [7, 11) is 0. The highest BCUT2D eigenvalue weighted by molar-refractivity contribution is 7.03. The van der Waals surface area contributed by atoms with E-state index in [-0.39, 0.29) is 19.1 Å². The van der Waals surface area contributed by atoms with Gasteiger partial charge in [-0.1, -0.05) is 48.5 Å². The molecule has 3 aromatic rings. The van der Waals surface area contributed by atoms with Crippen LogP contribution < -0.4 is 10.6 Å². The van der Waals surface area contributed by atoms with Gasteiger partial charge < -0.3 is 20.5 Å². The highest BCUT2D eigenvalue weighted by atomic mass is 32.1. The van der Waals surface area contributed by atoms with Crippen LogP contribution >= 0.6 is 11.5 Å². The number of aromatic nitrogens is 1. The van der Waals surface area contributed by atoms with E-state index in [0.29, 0.717) is 0 Å². The number of alkyl carbamates (subject to hydrolysis) is 1. The van der Waals surface area contributed by atoms with Crippen LogP contribution in [0.5, 0.6) is 0 Å². The Hall–Kier alpha value is -3.72. The minimum atomic E-state index is -1.25. The number of benzene rings is 2. The Morgan fingerprint density at radius 1 is 1.06 bits per heavy atom. The van der Waals surface area contributed by atoms with Crippen LogP contribution in [0.25, 0.3) is 11.1 Å². The zero-order chi connectivity index (χ0) is 22.5. The lowest BCUT2D eigenvalue weighted by Gasteiger charge is -2.18. The Bertz CT molecular complexity index is 1090. The number of ether oxygens (including phenoxy) is 1. The van der Waals surface area contributed by atoms with Gasteiger partial charge in [0.05, 0.1) is 6.42 Å². The zero-order valence-corrected chi connectivity index (χ0v) is 17.8. The molecule has 1 aliphatic rings. The van der Waals surface area contributed by atoms with E-state index in [1.54, 1.807) is 11.6 Å². The molecule has 4 rings (SSSR count). The fourth-order valence-electron chi connectivity index (χ4n) is 3.79. The maximum atomic E-state index is 12.4. The van der Waals surface area contributed by atoms with Crippen LogP contribution in [0.15, 0.2) is 60.1 Å². The molecule has 164 valence electrons. The number of carbonyl (C=O) groups is 3. The number of nitrogens with zero attached hydrogens (tertiary/aromatic N) is 1. The number of carbonyl (C=O) groups excluding carboxylic acids is 2. The third-order valence-electron chi connectivity index (χ3n) is 5.28. The summed E-state index contributed by atoms with van der Waals surface area (Å²) >= 11 is 1.24. The Kier molecular flexibility index (Phi) is 6.46. The van der Waals surface area contributed by atoms with Crippen molar-refractivity contribution in [2.24, 2.45) is 0 Å². The topological polar surface area (TPSA) is 118 Å². The van der Waals surface area contributed by atoms with Gasteiger partial charge in [0.1, 0.15) is 12.6 Å². The van der Waals surface area contributed by atoms with Gasteiger partial charge in [-0.05, 0) is 33.8 Å². The second kappa shape index (κ2) is 9.61. The maximum Gasteiger partial charge on any atom is 0.407 e. The largest absolute Gasteiger partial charge is 0.481 e. The molecule has 2 amide bonds. The summed E-state index contributed by atoms with van der Waals surface area (Å²) in [5.74, 6) is -1.95. The van der Waals surface area contributed by atoms with Crippen LogP contribution in [0, 0.1) is 0 Å². The van der Waals surface area contributed by atoms with Crippen LogP contribution in [0.3, 0.4) is 0 Å². The summed E-state index contributed by atoms with van der Waals surface area (Å²) in [6.07, 6.45) is 0.207. The second-order valence-corrected chi connectivity index (χ2v) is 8.03. The van der Waals surface area contributed by atoms with E-state index in [1.807, 2.05) is 48.5 Å². The lowest BCUT2D eigenvalue weighted by molar-refractivity contribution is -0.139. The van der Waals surface area contributed by atoms with Gasteiger partial charge >= 0.3 is 12.1 Å². The van der Waals surface area contributed by atoms with E-state index in [1.165, 1.54) is 11.5 Å². The van der Waals surface area contributed by atoms with Crippen molar-refractivity contribution in [3.05, 3.63) is 76.8 Å². The lowest BCUT2D eigenvalue weighted by atomic mass is 9.98. The van der Waals surface area contributed by atoms with Gasteiger partial charge in [-0.3, -0.25) is 9.59 Å². The van der Waals surface area contributed by atoms with Crippen molar-refractivity contribution in [2.45, 2.75) is 24.9 Å². The monoisotopic (exact) mass is 451 g/mol. The fraction of sp³-hybridized carbons (Fsp3) is 0.217. The van der Waals surface area contributed by atoms with E-state index in [2.05, 4.69) is 15.0 Å². The van der Waals surface area contributed by atoms with Gasteiger partial charge in [0.15, 0.2) is 0 Å². The number of aliphatic carboxylic acids is 1. The zero-order valence-electron chi connectivity index (χ0n) is 17.0. The number of rotatable bonds is 8. The number of carboxylic acid groups (broad SMARTS) is 1. The van der Waals surface area contributed by atoms with Crippen LogP contribution in [-0.2, 0) is 20.9 Å². The molecule has 0 aliphatic heterocycles. The van der Waals surface area contributed by atoms with E-state index in [9.17, 15) is 14.4 Å². The van der Waals surface area contributed by atoms with Gasteiger partial charge in [-0.2, -0.15) is 0 Å². The van der Waals surface area contributed by atoms with Crippen molar-refractivity contribution in [3.8, 4) is 11.1 Å². The Morgan fingerprint density at radius 3 is 2.31 bits per heavy atom. The molecule has 2 aromatic carbocycles. The molecule has 3 N–H and O–H groups in total. The highest BCUT2D eigenvalue weighted by Gasteiger charge is 2.30. The molecule has 0 bridgehead atoms. The van der Waals surface area contributed by atoms with Crippen LogP contribution in [0.4, 0.5) is 4.79 Å². The summed E-state index contributed by atoms with van der Waals surface area (Å²) in [5, 5.41) is 15.9. The molecule has 32 heavy (non-hydrogen) atoms. The predicted octanol–water partition coefficient (Wildman–Crippen LogP) is 3.14. The van der Waals surface area contributed by atoms with Gasteiger partial charge in [-0.25, -0.2) is 9.17 Å². The molecule has 8 nitrogen and oxygen atoms in total. The maximum absolute atomic E-state index is 12.4. The molecular weight excluding hydrogens is 430 g/mol. The minimum absolute atomic E-state index is 0.0713. The van der Waals surface area contributed by atoms with Crippen molar-refractivity contribution in [1.29, 1.82) is 0 Å². The first kappa shape index (κ1) is 21.5. The molecule has 1 atom stereocenters. The van der Waals surface area contributed by atoms with E-state index < -0.39 is 30.4 Å². The van der Waals surface area contributed by atoms with E-state index >= 15 is 0 Å². The Morgan fingerprint density at radius 2 is 1.72 bits per heavy atom. The molecule has 1 heterocycles.